The Bertz CT molecular complexity index is 339. The van der Waals surface area contributed by atoms with E-state index in [4.69, 9.17) is 0 Å². The number of aryl methyl sites for hydroxylation is 1. The van der Waals surface area contributed by atoms with E-state index in [1.165, 1.54) is 44.2 Å². The van der Waals surface area contributed by atoms with E-state index in [0.29, 0.717) is 6.04 Å². The van der Waals surface area contributed by atoms with Gasteiger partial charge in [-0.2, -0.15) is 5.10 Å². The smallest absolute Gasteiger partial charge is 0.0640 e. The lowest BCUT2D eigenvalue weighted by Gasteiger charge is -2.30. The van der Waals surface area contributed by atoms with Crippen molar-refractivity contribution in [2.45, 2.75) is 57.9 Å². The minimum absolute atomic E-state index is 0.625. The maximum atomic E-state index is 4.53. The van der Waals surface area contributed by atoms with Gasteiger partial charge >= 0.3 is 0 Å². The van der Waals surface area contributed by atoms with Crippen LogP contribution in [0.1, 0.15) is 51.1 Å². The molecule has 1 aliphatic rings. The van der Waals surface area contributed by atoms with Gasteiger partial charge in [0, 0.05) is 25.7 Å². The van der Waals surface area contributed by atoms with Gasteiger partial charge in [0.2, 0.25) is 0 Å². The zero-order valence-electron chi connectivity index (χ0n) is 11.9. The molecule has 0 amide bonds. The van der Waals surface area contributed by atoms with Gasteiger partial charge in [0.1, 0.15) is 0 Å². The van der Waals surface area contributed by atoms with Crippen molar-refractivity contribution in [2.24, 2.45) is 13.0 Å². The van der Waals surface area contributed by atoms with Crippen molar-refractivity contribution in [1.82, 2.24) is 15.1 Å². The Morgan fingerprint density at radius 3 is 2.78 bits per heavy atom. The summed E-state index contributed by atoms with van der Waals surface area (Å²) in [4.78, 5) is 0. The van der Waals surface area contributed by atoms with Crippen LogP contribution in [-0.4, -0.2) is 22.4 Å². The Kier molecular flexibility index (Phi) is 5.24. The van der Waals surface area contributed by atoms with Gasteiger partial charge in [-0.15, -0.1) is 0 Å². The highest BCUT2D eigenvalue weighted by Crippen LogP contribution is 2.27. The third-order valence-electron chi connectivity index (χ3n) is 4.07. The molecule has 1 aliphatic carbocycles. The summed E-state index contributed by atoms with van der Waals surface area (Å²) in [6.07, 6.45) is 11.4. The Morgan fingerprint density at radius 1 is 1.39 bits per heavy atom. The van der Waals surface area contributed by atoms with Crippen LogP contribution >= 0.6 is 0 Å². The van der Waals surface area contributed by atoms with Crippen LogP contribution in [-0.2, 0) is 13.5 Å². The number of aromatic nitrogens is 2. The minimum atomic E-state index is 0.625. The summed E-state index contributed by atoms with van der Waals surface area (Å²) in [6, 6.07) is 2.78. The lowest BCUT2D eigenvalue weighted by atomic mass is 9.82. The van der Waals surface area contributed by atoms with Gasteiger partial charge in [0.25, 0.3) is 0 Å². The first-order valence-electron chi connectivity index (χ1n) is 7.51. The van der Waals surface area contributed by atoms with Crippen molar-refractivity contribution in [3.8, 4) is 0 Å². The van der Waals surface area contributed by atoms with E-state index in [1.807, 2.05) is 17.9 Å². The topological polar surface area (TPSA) is 29.9 Å². The summed E-state index contributed by atoms with van der Waals surface area (Å²) >= 11 is 0. The van der Waals surface area contributed by atoms with Crippen molar-refractivity contribution in [1.29, 1.82) is 0 Å². The molecule has 0 spiro atoms. The monoisotopic (exact) mass is 249 g/mol. The van der Waals surface area contributed by atoms with Gasteiger partial charge in [-0.3, -0.25) is 4.68 Å². The average Bonchev–Trinajstić information content (AvgIpc) is 2.81. The van der Waals surface area contributed by atoms with E-state index in [0.717, 1.165) is 18.9 Å². The quantitative estimate of drug-likeness (QED) is 0.840. The Labute approximate surface area is 111 Å². The molecule has 0 saturated heterocycles. The van der Waals surface area contributed by atoms with Crippen molar-refractivity contribution >= 4 is 0 Å². The fourth-order valence-corrected chi connectivity index (χ4v) is 3.07. The fraction of sp³-hybridized carbons (Fsp3) is 0.800. The molecular weight excluding hydrogens is 222 g/mol. The molecule has 1 atom stereocenters. The normalized spacial score (nSPS) is 19.0. The summed E-state index contributed by atoms with van der Waals surface area (Å²) in [5.41, 5.74) is 1.23. The molecule has 1 aromatic rings. The summed E-state index contributed by atoms with van der Waals surface area (Å²) in [6.45, 7) is 3.37. The molecule has 2 rings (SSSR count). The first kappa shape index (κ1) is 13.6. The first-order valence-corrected chi connectivity index (χ1v) is 7.51. The third-order valence-corrected chi connectivity index (χ3v) is 4.07. The Balaban J connectivity index is 1.94. The van der Waals surface area contributed by atoms with E-state index in [2.05, 4.69) is 23.4 Å². The van der Waals surface area contributed by atoms with Crippen LogP contribution in [0.5, 0.6) is 0 Å². The number of hydrogen-bond acceptors (Lipinski definition) is 2. The van der Waals surface area contributed by atoms with Crippen LogP contribution in [0, 0.1) is 5.92 Å². The lowest BCUT2D eigenvalue weighted by molar-refractivity contribution is 0.266. The van der Waals surface area contributed by atoms with Crippen LogP contribution in [0.15, 0.2) is 12.3 Å². The van der Waals surface area contributed by atoms with Crippen molar-refractivity contribution < 1.29 is 0 Å². The van der Waals surface area contributed by atoms with Crippen LogP contribution in [0.3, 0.4) is 0 Å². The van der Waals surface area contributed by atoms with Gasteiger partial charge in [0.05, 0.1) is 5.69 Å². The van der Waals surface area contributed by atoms with E-state index < -0.39 is 0 Å². The van der Waals surface area contributed by atoms with Crippen LogP contribution < -0.4 is 5.32 Å². The number of nitrogens with zero attached hydrogens (tertiary/aromatic N) is 2. The maximum absolute atomic E-state index is 4.53. The van der Waals surface area contributed by atoms with Crippen LogP contribution in [0.25, 0.3) is 0 Å². The molecule has 0 aliphatic heterocycles. The van der Waals surface area contributed by atoms with Crippen molar-refractivity contribution in [3.63, 3.8) is 0 Å². The lowest BCUT2D eigenvalue weighted by Crippen LogP contribution is -2.39. The van der Waals surface area contributed by atoms with Gasteiger partial charge in [-0.25, -0.2) is 0 Å². The van der Waals surface area contributed by atoms with E-state index in [-0.39, 0.29) is 0 Å². The molecule has 1 aromatic heterocycles. The molecule has 1 heterocycles. The summed E-state index contributed by atoms with van der Waals surface area (Å²) in [7, 11) is 2.00. The largest absolute Gasteiger partial charge is 0.313 e. The van der Waals surface area contributed by atoms with E-state index in [9.17, 15) is 0 Å². The fourth-order valence-electron chi connectivity index (χ4n) is 3.07. The highest BCUT2D eigenvalue weighted by molar-refractivity contribution is 5.02. The molecule has 3 heteroatoms. The number of rotatable bonds is 6. The number of nitrogens with one attached hydrogen (secondary N) is 1. The highest BCUT2D eigenvalue weighted by atomic mass is 15.2. The predicted octanol–water partition coefficient (Wildman–Crippen LogP) is 2.91. The van der Waals surface area contributed by atoms with Crippen molar-refractivity contribution in [3.05, 3.63) is 18.0 Å². The van der Waals surface area contributed by atoms with Crippen molar-refractivity contribution in [2.75, 3.05) is 6.54 Å². The molecule has 1 saturated carbocycles. The molecule has 0 radical (unpaired) electrons. The Morgan fingerprint density at radius 2 is 2.17 bits per heavy atom. The summed E-state index contributed by atoms with van der Waals surface area (Å²) < 4.78 is 1.91. The van der Waals surface area contributed by atoms with Crippen LogP contribution in [0.4, 0.5) is 0 Å². The van der Waals surface area contributed by atoms with Gasteiger partial charge < -0.3 is 5.32 Å². The van der Waals surface area contributed by atoms with E-state index in [1.54, 1.807) is 0 Å². The molecular formula is C15H27N3. The molecule has 18 heavy (non-hydrogen) atoms. The van der Waals surface area contributed by atoms with E-state index >= 15 is 0 Å². The van der Waals surface area contributed by atoms with Gasteiger partial charge in [0.15, 0.2) is 0 Å². The predicted molar refractivity (Wildman–Crippen MR) is 75.6 cm³/mol. The Hall–Kier alpha value is -0.830. The second-order valence-electron chi connectivity index (χ2n) is 5.64. The SMILES string of the molecule is CCCNC(Cc1ccn(C)n1)C1CCCCC1. The minimum Gasteiger partial charge on any atom is -0.313 e. The molecule has 1 N–H and O–H groups in total. The standard InChI is InChI=1S/C15H27N3/c1-3-10-16-15(13-7-5-4-6-8-13)12-14-9-11-18(2)17-14/h9,11,13,15-16H,3-8,10,12H2,1-2H3. The molecule has 3 nitrogen and oxygen atoms in total. The molecule has 1 fully saturated rings. The average molecular weight is 249 g/mol. The first-order chi connectivity index (χ1) is 8.79. The van der Waals surface area contributed by atoms with Crippen LogP contribution in [0.2, 0.25) is 0 Å². The highest BCUT2D eigenvalue weighted by Gasteiger charge is 2.23. The summed E-state index contributed by atoms with van der Waals surface area (Å²) in [5.74, 6) is 0.854. The molecule has 1 unspecified atom stereocenters. The maximum Gasteiger partial charge on any atom is 0.0640 e. The third kappa shape index (κ3) is 3.84. The zero-order valence-corrected chi connectivity index (χ0v) is 11.9. The summed E-state index contributed by atoms with van der Waals surface area (Å²) in [5, 5.41) is 8.28. The van der Waals surface area contributed by atoms with Gasteiger partial charge in [-0.1, -0.05) is 26.2 Å². The number of hydrogen-bond donors (Lipinski definition) is 1. The molecule has 0 bridgehead atoms. The second kappa shape index (κ2) is 6.93. The second-order valence-corrected chi connectivity index (χ2v) is 5.64. The van der Waals surface area contributed by atoms with Gasteiger partial charge in [-0.05, 0) is 37.8 Å². The molecule has 102 valence electrons. The molecule has 0 aromatic carbocycles. The zero-order chi connectivity index (χ0) is 12.8.